The van der Waals surface area contributed by atoms with Crippen molar-refractivity contribution in [1.29, 1.82) is 0 Å². The number of fused-ring (bicyclic) bond motifs is 1. The summed E-state index contributed by atoms with van der Waals surface area (Å²) in [6.07, 6.45) is -4.57. The van der Waals surface area contributed by atoms with Crippen molar-refractivity contribution in [1.82, 2.24) is 8.96 Å². The van der Waals surface area contributed by atoms with Crippen molar-refractivity contribution in [2.45, 2.75) is 43.7 Å². The van der Waals surface area contributed by atoms with Crippen LogP contribution >= 0.6 is 0 Å². The zero-order chi connectivity index (χ0) is 26.5. The number of alkyl halides is 3. The molecule has 4 rings (SSSR count). The third-order valence-corrected chi connectivity index (χ3v) is 7.20. The van der Waals surface area contributed by atoms with Crippen molar-refractivity contribution >= 4 is 27.1 Å². The average molecular weight is 523 g/mol. The maximum Gasteiger partial charge on any atom is 0.511 e. The van der Waals surface area contributed by atoms with Crippen LogP contribution in [-0.2, 0) is 28.0 Å². The van der Waals surface area contributed by atoms with Crippen LogP contribution in [0.5, 0.6) is 5.75 Å². The Morgan fingerprint density at radius 3 is 2.50 bits per heavy atom. The van der Waals surface area contributed by atoms with E-state index in [0.717, 1.165) is 28.1 Å². The van der Waals surface area contributed by atoms with Crippen molar-refractivity contribution < 1.29 is 40.6 Å². The molecule has 0 fully saturated rings. The van der Waals surface area contributed by atoms with E-state index in [1.165, 1.54) is 24.3 Å². The largest absolute Gasteiger partial charge is 0.511 e. The molecule has 12 heteroatoms. The smallest absolute Gasteiger partial charge is 0.465 e. The first-order valence-corrected chi connectivity index (χ1v) is 12.0. The Labute approximate surface area is 204 Å². The second-order valence-corrected chi connectivity index (χ2v) is 10.9. The van der Waals surface area contributed by atoms with Crippen LogP contribution in [0.15, 0.2) is 64.2 Å². The normalized spacial score (nSPS) is 12.7. The first kappa shape index (κ1) is 25.3. The van der Waals surface area contributed by atoms with Gasteiger partial charge in [-0.05, 0) is 35.2 Å². The van der Waals surface area contributed by atoms with E-state index in [9.17, 15) is 26.4 Å². The predicted octanol–water partition coefficient (Wildman–Crippen LogP) is 5.83. The lowest BCUT2D eigenvalue weighted by molar-refractivity contribution is -0.141. The van der Waals surface area contributed by atoms with Gasteiger partial charge in [0.2, 0.25) is 0 Å². The lowest BCUT2D eigenvalue weighted by atomic mass is 9.87. The number of hydrogen-bond donors (Lipinski definition) is 1. The SMILES string of the molecule is CC(C)(C)c1cccc(S(=O)(=O)n2c(Cc3cc(OC(=O)O)co3)cc3cc(C(F)(F)F)ncc32)c1. The Balaban J connectivity index is 1.90. The number of ether oxygens (including phenoxy) is 1. The minimum atomic E-state index is -4.72. The first-order chi connectivity index (χ1) is 16.7. The highest BCUT2D eigenvalue weighted by Crippen LogP contribution is 2.34. The summed E-state index contributed by atoms with van der Waals surface area (Å²) in [5, 5.41) is 8.77. The monoisotopic (exact) mass is 522 g/mol. The van der Waals surface area contributed by atoms with E-state index in [1.54, 1.807) is 12.1 Å². The van der Waals surface area contributed by atoms with Gasteiger partial charge in [-0.3, -0.25) is 0 Å². The molecule has 0 amide bonds. The lowest BCUT2D eigenvalue weighted by Gasteiger charge is -2.20. The summed E-state index contributed by atoms with van der Waals surface area (Å²) in [7, 11) is -4.29. The number of halogens is 3. The van der Waals surface area contributed by atoms with Gasteiger partial charge in [0.1, 0.15) is 17.7 Å². The standard InChI is InChI=1S/C24H21F3N2O6S/c1-23(2,3)15-5-4-6-19(9-15)36(32,33)29-16(10-17-11-18(13-34-17)35-22(30)31)7-14-8-21(24(25,26)27)28-12-20(14)29/h4-9,11-13H,10H2,1-3H3,(H,30,31). The highest BCUT2D eigenvalue weighted by Gasteiger charge is 2.34. The van der Waals surface area contributed by atoms with Crippen LogP contribution in [0.1, 0.15) is 43.5 Å². The molecule has 1 aromatic carbocycles. The van der Waals surface area contributed by atoms with E-state index in [4.69, 9.17) is 9.52 Å². The third-order valence-electron chi connectivity index (χ3n) is 5.43. The van der Waals surface area contributed by atoms with Crippen molar-refractivity contribution in [2.75, 3.05) is 0 Å². The van der Waals surface area contributed by atoms with Crippen molar-refractivity contribution in [2.24, 2.45) is 0 Å². The maximum atomic E-state index is 13.8. The Morgan fingerprint density at radius 2 is 1.86 bits per heavy atom. The molecule has 0 bridgehead atoms. The molecule has 1 N–H and O–H groups in total. The Hall–Kier alpha value is -3.80. The molecule has 36 heavy (non-hydrogen) atoms. The molecule has 3 aromatic heterocycles. The summed E-state index contributed by atoms with van der Waals surface area (Å²) in [6.45, 7) is 5.77. The summed E-state index contributed by atoms with van der Waals surface area (Å²) < 4.78 is 78.2. The van der Waals surface area contributed by atoms with Crippen molar-refractivity contribution in [3.63, 3.8) is 0 Å². The lowest BCUT2D eigenvalue weighted by Crippen LogP contribution is -2.18. The van der Waals surface area contributed by atoms with Gasteiger partial charge in [0.05, 0.1) is 16.6 Å². The van der Waals surface area contributed by atoms with Gasteiger partial charge in [0.25, 0.3) is 10.0 Å². The minimum Gasteiger partial charge on any atom is -0.465 e. The van der Waals surface area contributed by atoms with Crippen molar-refractivity contribution in [3.8, 4) is 5.75 Å². The number of rotatable bonds is 5. The molecule has 0 saturated carbocycles. The number of hydrogen-bond acceptors (Lipinski definition) is 6. The highest BCUT2D eigenvalue weighted by molar-refractivity contribution is 7.90. The molecule has 0 aliphatic rings. The van der Waals surface area contributed by atoms with Crippen LogP contribution in [-0.4, -0.2) is 28.6 Å². The second-order valence-electron chi connectivity index (χ2n) is 9.10. The van der Waals surface area contributed by atoms with Crippen LogP contribution < -0.4 is 4.74 Å². The highest BCUT2D eigenvalue weighted by atomic mass is 32.2. The molecular formula is C24H21F3N2O6S. The van der Waals surface area contributed by atoms with Gasteiger partial charge in [-0.25, -0.2) is 22.2 Å². The van der Waals surface area contributed by atoms with Gasteiger partial charge in [-0.15, -0.1) is 0 Å². The number of pyridine rings is 1. The quantitative estimate of drug-likeness (QED) is 0.328. The number of benzene rings is 1. The van der Waals surface area contributed by atoms with Gasteiger partial charge < -0.3 is 14.3 Å². The van der Waals surface area contributed by atoms with E-state index in [-0.39, 0.29) is 44.8 Å². The molecule has 190 valence electrons. The molecule has 4 aromatic rings. The van der Waals surface area contributed by atoms with Gasteiger partial charge in [-0.1, -0.05) is 32.9 Å². The number of carboxylic acid groups (broad SMARTS) is 1. The fourth-order valence-corrected chi connectivity index (χ4v) is 5.29. The van der Waals surface area contributed by atoms with E-state index < -0.39 is 28.0 Å². The van der Waals surface area contributed by atoms with Gasteiger partial charge >= 0.3 is 12.3 Å². The van der Waals surface area contributed by atoms with Crippen LogP contribution in [0.25, 0.3) is 10.9 Å². The molecule has 0 radical (unpaired) electrons. The van der Waals surface area contributed by atoms with Crippen LogP contribution in [0.4, 0.5) is 18.0 Å². The van der Waals surface area contributed by atoms with Gasteiger partial charge in [0.15, 0.2) is 5.75 Å². The fourth-order valence-electron chi connectivity index (χ4n) is 3.72. The summed E-state index contributed by atoms with van der Waals surface area (Å²) in [5.74, 6) is 0.0138. The van der Waals surface area contributed by atoms with Crippen LogP contribution in [0.3, 0.4) is 0 Å². The average Bonchev–Trinajstić information content (AvgIpc) is 3.35. The third kappa shape index (κ3) is 4.94. The number of aromatic nitrogens is 2. The van der Waals surface area contributed by atoms with Crippen LogP contribution in [0, 0.1) is 0 Å². The summed E-state index contributed by atoms with van der Waals surface area (Å²) in [4.78, 5) is 14.1. The van der Waals surface area contributed by atoms with Crippen molar-refractivity contribution in [3.05, 3.63) is 77.6 Å². The fraction of sp³-hybridized carbons (Fsp3) is 0.250. The number of carbonyl (C=O) groups is 1. The van der Waals surface area contributed by atoms with Gasteiger partial charge in [0, 0.05) is 23.6 Å². The Kier molecular flexibility index (Phi) is 6.11. The minimum absolute atomic E-state index is 0.0106. The number of furan rings is 1. The van der Waals surface area contributed by atoms with E-state index in [1.807, 2.05) is 20.8 Å². The summed E-state index contributed by atoms with van der Waals surface area (Å²) in [6, 6.07) is 9.65. The summed E-state index contributed by atoms with van der Waals surface area (Å²) in [5.41, 5.74) is -0.733. The molecule has 0 saturated heterocycles. The van der Waals surface area contributed by atoms with E-state index in [2.05, 4.69) is 9.72 Å². The second kappa shape index (κ2) is 8.70. The maximum absolute atomic E-state index is 13.8. The zero-order valence-corrected chi connectivity index (χ0v) is 20.1. The van der Waals surface area contributed by atoms with Crippen LogP contribution in [0.2, 0.25) is 0 Å². The molecule has 0 spiro atoms. The molecule has 0 aliphatic heterocycles. The Morgan fingerprint density at radius 1 is 1.14 bits per heavy atom. The summed E-state index contributed by atoms with van der Waals surface area (Å²) >= 11 is 0. The Bertz CT molecular complexity index is 1560. The molecule has 0 atom stereocenters. The van der Waals surface area contributed by atoms with E-state index >= 15 is 0 Å². The van der Waals surface area contributed by atoms with Gasteiger partial charge in [-0.2, -0.15) is 13.2 Å². The molecular weight excluding hydrogens is 501 g/mol. The molecule has 0 aliphatic carbocycles. The molecule has 0 unspecified atom stereocenters. The van der Waals surface area contributed by atoms with E-state index in [0.29, 0.717) is 0 Å². The predicted molar refractivity (Wildman–Crippen MR) is 123 cm³/mol. The topological polar surface area (TPSA) is 112 Å². The number of nitrogens with zero attached hydrogens (tertiary/aromatic N) is 2. The first-order valence-electron chi connectivity index (χ1n) is 10.6. The molecule has 3 heterocycles. The zero-order valence-electron chi connectivity index (χ0n) is 19.3. The molecule has 8 nitrogen and oxygen atoms in total.